The van der Waals surface area contributed by atoms with Gasteiger partial charge < -0.3 is 9.72 Å². The summed E-state index contributed by atoms with van der Waals surface area (Å²) in [6.07, 6.45) is 0. The summed E-state index contributed by atoms with van der Waals surface area (Å²) in [5.74, 6) is 0.959. The zero-order valence-electron chi connectivity index (χ0n) is 12.9. The number of ether oxygens (including phenoxy) is 1. The van der Waals surface area contributed by atoms with Gasteiger partial charge in [-0.1, -0.05) is 17.7 Å². The second-order valence-electron chi connectivity index (χ2n) is 5.78. The van der Waals surface area contributed by atoms with Crippen LogP contribution in [-0.4, -0.2) is 23.6 Å². The van der Waals surface area contributed by atoms with Crippen LogP contribution in [0.2, 0.25) is 5.02 Å². The Morgan fingerprint density at radius 2 is 2.12 bits per heavy atom. The van der Waals surface area contributed by atoms with Crippen molar-refractivity contribution in [2.45, 2.75) is 12.0 Å². The summed E-state index contributed by atoms with van der Waals surface area (Å²) in [6.45, 7) is 0.643. The molecule has 0 aliphatic carbocycles. The van der Waals surface area contributed by atoms with E-state index in [2.05, 4.69) is 20.8 Å². The smallest absolute Gasteiger partial charge is 0.131 e. The molecule has 4 rings (SSSR count). The van der Waals surface area contributed by atoms with Crippen molar-refractivity contribution in [3.05, 3.63) is 58.6 Å². The third-order valence-corrected chi connectivity index (χ3v) is 4.57. The minimum Gasteiger partial charge on any atom is -0.497 e. The number of imidazole rings is 1. The second-order valence-corrected chi connectivity index (χ2v) is 6.22. The van der Waals surface area contributed by atoms with E-state index in [0.717, 1.165) is 16.9 Å². The highest BCUT2D eigenvalue weighted by Gasteiger charge is 2.33. The molecule has 124 valence electrons. The molecule has 3 aromatic rings. The number of benzene rings is 2. The summed E-state index contributed by atoms with van der Waals surface area (Å²) in [7, 11) is 1.52. The molecule has 1 aliphatic rings. The van der Waals surface area contributed by atoms with Crippen molar-refractivity contribution >= 4 is 22.6 Å². The van der Waals surface area contributed by atoms with E-state index in [1.807, 2.05) is 12.1 Å². The van der Waals surface area contributed by atoms with Gasteiger partial charge in [-0.3, -0.25) is 5.43 Å². The van der Waals surface area contributed by atoms with Crippen molar-refractivity contribution in [2.24, 2.45) is 0 Å². The number of rotatable bonds is 3. The Labute approximate surface area is 143 Å². The van der Waals surface area contributed by atoms with Crippen molar-refractivity contribution in [1.82, 2.24) is 20.8 Å². The summed E-state index contributed by atoms with van der Waals surface area (Å²) in [4.78, 5) is 7.93. The van der Waals surface area contributed by atoms with Crippen LogP contribution in [0.1, 0.15) is 23.3 Å². The van der Waals surface area contributed by atoms with Gasteiger partial charge in [0, 0.05) is 23.2 Å². The topological polar surface area (TPSA) is 62.0 Å². The first kappa shape index (κ1) is 15.4. The lowest BCUT2D eigenvalue weighted by Crippen LogP contribution is -2.25. The molecule has 0 saturated carbocycles. The molecular formula is C17H16ClFN4O. The third-order valence-electron chi connectivity index (χ3n) is 4.34. The van der Waals surface area contributed by atoms with Crippen LogP contribution in [0.3, 0.4) is 0 Å². The van der Waals surface area contributed by atoms with Crippen molar-refractivity contribution in [3.63, 3.8) is 0 Å². The molecule has 7 heteroatoms. The number of H-pyrrole nitrogens is 1. The predicted octanol–water partition coefficient (Wildman–Crippen LogP) is 3.30. The van der Waals surface area contributed by atoms with E-state index in [4.69, 9.17) is 16.3 Å². The van der Waals surface area contributed by atoms with Gasteiger partial charge in [0.25, 0.3) is 0 Å². The maximum atomic E-state index is 14.4. The maximum Gasteiger partial charge on any atom is 0.131 e. The van der Waals surface area contributed by atoms with Gasteiger partial charge in [0.2, 0.25) is 0 Å². The fourth-order valence-corrected chi connectivity index (χ4v) is 3.28. The largest absolute Gasteiger partial charge is 0.497 e. The number of hydrogen-bond acceptors (Lipinski definition) is 4. The Morgan fingerprint density at radius 3 is 2.92 bits per heavy atom. The normalized spacial score (nSPS) is 20.6. The molecule has 0 bridgehead atoms. The van der Waals surface area contributed by atoms with Crippen LogP contribution in [-0.2, 0) is 0 Å². The summed E-state index contributed by atoms with van der Waals surface area (Å²) < 4.78 is 19.5. The quantitative estimate of drug-likeness (QED) is 0.681. The van der Waals surface area contributed by atoms with Gasteiger partial charge in [0.05, 0.1) is 30.1 Å². The van der Waals surface area contributed by atoms with Crippen molar-refractivity contribution in [1.29, 1.82) is 0 Å². The molecule has 2 heterocycles. The van der Waals surface area contributed by atoms with Crippen LogP contribution in [0.15, 0.2) is 36.4 Å². The van der Waals surface area contributed by atoms with Gasteiger partial charge in [-0.2, -0.15) is 0 Å². The highest BCUT2D eigenvalue weighted by atomic mass is 35.5. The SMILES string of the molecule is COc1ccc(C2NNCC2c2nc3ccc(Cl)cc3[nH]2)c(F)c1. The van der Waals surface area contributed by atoms with E-state index in [1.54, 1.807) is 18.2 Å². The molecule has 1 fully saturated rings. The number of hydrogen-bond donors (Lipinski definition) is 3. The third kappa shape index (κ3) is 2.62. The minimum absolute atomic E-state index is 0.0286. The number of methoxy groups -OCH3 is 1. The number of halogens is 2. The van der Waals surface area contributed by atoms with Gasteiger partial charge >= 0.3 is 0 Å². The Hall–Kier alpha value is -2.15. The second kappa shape index (κ2) is 6.05. The lowest BCUT2D eigenvalue weighted by Gasteiger charge is -2.18. The first-order valence-corrected chi connectivity index (χ1v) is 8.00. The number of fused-ring (bicyclic) bond motifs is 1. The van der Waals surface area contributed by atoms with Gasteiger partial charge in [0.1, 0.15) is 17.4 Å². The first-order chi connectivity index (χ1) is 11.7. The number of nitrogens with one attached hydrogen (secondary N) is 3. The number of hydrazine groups is 1. The van der Waals surface area contributed by atoms with Crippen LogP contribution < -0.4 is 15.6 Å². The van der Waals surface area contributed by atoms with E-state index in [0.29, 0.717) is 22.9 Å². The van der Waals surface area contributed by atoms with Gasteiger partial charge in [-0.05, 0) is 24.3 Å². The molecule has 1 aliphatic heterocycles. The fourth-order valence-electron chi connectivity index (χ4n) is 3.11. The lowest BCUT2D eigenvalue weighted by molar-refractivity contribution is 0.409. The van der Waals surface area contributed by atoms with E-state index in [9.17, 15) is 4.39 Å². The van der Waals surface area contributed by atoms with E-state index >= 15 is 0 Å². The van der Waals surface area contributed by atoms with Gasteiger partial charge in [-0.15, -0.1) is 0 Å². The molecule has 3 N–H and O–H groups in total. The average Bonchev–Trinajstić information content (AvgIpc) is 3.20. The Morgan fingerprint density at radius 1 is 1.25 bits per heavy atom. The summed E-state index contributed by atoms with van der Waals surface area (Å²) in [5.41, 5.74) is 8.53. The zero-order chi connectivity index (χ0) is 16.7. The van der Waals surface area contributed by atoms with Crippen LogP contribution in [0, 0.1) is 5.82 Å². The molecule has 1 saturated heterocycles. The molecule has 1 aromatic heterocycles. The van der Waals surface area contributed by atoms with Crippen LogP contribution in [0.25, 0.3) is 11.0 Å². The fraction of sp³-hybridized carbons (Fsp3) is 0.235. The average molecular weight is 347 g/mol. The highest BCUT2D eigenvalue weighted by Crippen LogP contribution is 2.35. The van der Waals surface area contributed by atoms with Crippen LogP contribution in [0.4, 0.5) is 4.39 Å². The lowest BCUT2D eigenvalue weighted by atomic mass is 9.94. The Kier molecular flexibility index (Phi) is 3.88. The van der Waals surface area contributed by atoms with Crippen LogP contribution >= 0.6 is 11.6 Å². The molecule has 5 nitrogen and oxygen atoms in total. The van der Waals surface area contributed by atoms with Gasteiger partial charge in [0.15, 0.2) is 0 Å². The summed E-state index contributed by atoms with van der Waals surface area (Å²) in [6, 6.07) is 10.2. The molecule has 2 atom stereocenters. The maximum absolute atomic E-state index is 14.4. The Balaban J connectivity index is 1.71. The van der Waals surface area contributed by atoms with E-state index in [1.165, 1.54) is 13.2 Å². The monoisotopic (exact) mass is 346 g/mol. The van der Waals surface area contributed by atoms with Gasteiger partial charge in [-0.25, -0.2) is 14.8 Å². The number of aromatic nitrogens is 2. The molecule has 2 unspecified atom stereocenters. The molecule has 24 heavy (non-hydrogen) atoms. The van der Waals surface area contributed by atoms with Crippen molar-refractivity contribution in [3.8, 4) is 5.75 Å². The molecular weight excluding hydrogens is 331 g/mol. The standard InChI is InChI=1S/C17H16ClFN4O/c1-24-10-3-4-11(13(19)7-10)16-12(8-20-23-16)17-21-14-5-2-9(18)6-15(14)22-17/h2-7,12,16,20,23H,8H2,1H3,(H,21,22). The Bertz CT molecular complexity index is 897. The molecule has 0 radical (unpaired) electrons. The summed E-state index contributed by atoms with van der Waals surface area (Å²) in [5, 5.41) is 0.651. The van der Waals surface area contributed by atoms with E-state index < -0.39 is 0 Å². The zero-order valence-corrected chi connectivity index (χ0v) is 13.7. The highest BCUT2D eigenvalue weighted by molar-refractivity contribution is 6.31. The first-order valence-electron chi connectivity index (χ1n) is 7.62. The summed E-state index contributed by atoms with van der Waals surface area (Å²) >= 11 is 6.03. The van der Waals surface area contributed by atoms with E-state index in [-0.39, 0.29) is 17.8 Å². The molecule has 2 aromatic carbocycles. The predicted molar refractivity (Wildman–Crippen MR) is 90.7 cm³/mol. The molecule has 0 amide bonds. The number of nitrogens with zero attached hydrogens (tertiary/aromatic N) is 1. The number of aromatic amines is 1. The molecule has 0 spiro atoms. The van der Waals surface area contributed by atoms with Crippen molar-refractivity contribution < 1.29 is 9.13 Å². The van der Waals surface area contributed by atoms with Crippen molar-refractivity contribution in [2.75, 3.05) is 13.7 Å². The minimum atomic E-state index is -0.306. The van der Waals surface area contributed by atoms with Crippen LogP contribution in [0.5, 0.6) is 5.75 Å².